The number of carbonyl (C=O) groups excluding carboxylic acids is 2. The van der Waals surface area contributed by atoms with E-state index in [1.807, 2.05) is 35.2 Å². The van der Waals surface area contributed by atoms with Crippen LogP contribution < -0.4 is 4.90 Å². The van der Waals surface area contributed by atoms with E-state index in [4.69, 9.17) is 9.47 Å². The molecule has 0 saturated carbocycles. The fourth-order valence-electron chi connectivity index (χ4n) is 5.50. The molecule has 3 heterocycles. The van der Waals surface area contributed by atoms with E-state index in [-0.39, 0.29) is 12.3 Å². The number of anilines is 1. The van der Waals surface area contributed by atoms with Crippen LogP contribution in [-0.2, 0) is 31.7 Å². The molecule has 2 atom stereocenters. The fraction of sp³-hybridized carbons (Fsp3) is 0.440. The van der Waals surface area contributed by atoms with Crippen molar-refractivity contribution >= 4 is 17.6 Å². The molecule has 2 fully saturated rings. The van der Waals surface area contributed by atoms with Crippen LogP contribution in [0, 0.1) is 5.41 Å². The third-order valence-electron chi connectivity index (χ3n) is 7.03. The van der Waals surface area contributed by atoms with E-state index >= 15 is 0 Å². The van der Waals surface area contributed by atoms with Crippen LogP contribution in [0.1, 0.15) is 49.3 Å². The molecule has 33 heavy (non-hydrogen) atoms. The number of hydrogen-bond donors (Lipinski definition) is 0. The van der Waals surface area contributed by atoms with E-state index in [1.165, 1.54) is 19.9 Å². The highest BCUT2D eigenvalue weighted by atomic mass is 19.4. The lowest BCUT2D eigenvalue weighted by atomic mass is 9.65. The average Bonchev–Trinajstić information content (AvgIpc) is 2.76. The lowest BCUT2D eigenvalue weighted by molar-refractivity contribution is -0.253. The van der Waals surface area contributed by atoms with Gasteiger partial charge in [0, 0.05) is 32.5 Å². The van der Waals surface area contributed by atoms with Crippen LogP contribution in [0.3, 0.4) is 0 Å². The third-order valence-corrected chi connectivity index (χ3v) is 7.03. The maximum absolute atomic E-state index is 13.4. The van der Waals surface area contributed by atoms with Gasteiger partial charge in [0.15, 0.2) is 5.41 Å². The Kier molecular flexibility index (Phi) is 4.78. The summed E-state index contributed by atoms with van der Waals surface area (Å²) < 4.78 is 51.3. The number of piperidine rings is 1. The number of ether oxygens (including phenoxy) is 2. The van der Waals surface area contributed by atoms with Crippen molar-refractivity contribution in [1.82, 2.24) is 0 Å². The number of halogens is 3. The van der Waals surface area contributed by atoms with Gasteiger partial charge in [-0.25, -0.2) is 0 Å². The van der Waals surface area contributed by atoms with Crippen LogP contribution in [0.15, 0.2) is 48.5 Å². The number of esters is 2. The van der Waals surface area contributed by atoms with Gasteiger partial charge in [0.25, 0.3) is 5.79 Å². The minimum atomic E-state index is -4.53. The van der Waals surface area contributed by atoms with E-state index in [0.717, 1.165) is 24.1 Å². The Labute approximate surface area is 189 Å². The smallest absolute Gasteiger partial charge is 0.416 e. The highest BCUT2D eigenvalue weighted by molar-refractivity contribution is 6.04. The number of fused-ring (bicyclic) bond motifs is 4. The van der Waals surface area contributed by atoms with Gasteiger partial charge < -0.3 is 14.4 Å². The van der Waals surface area contributed by atoms with E-state index < -0.39 is 40.9 Å². The number of rotatable bonds is 1. The lowest BCUT2D eigenvalue weighted by Crippen LogP contribution is -2.67. The van der Waals surface area contributed by atoms with Gasteiger partial charge in [0.1, 0.15) is 0 Å². The van der Waals surface area contributed by atoms with Crippen molar-refractivity contribution in [1.29, 1.82) is 0 Å². The van der Waals surface area contributed by atoms with Crippen LogP contribution in [0.4, 0.5) is 18.9 Å². The first kappa shape index (κ1) is 21.8. The van der Waals surface area contributed by atoms with Crippen molar-refractivity contribution in [2.45, 2.75) is 57.0 Å². The molecule has 2 aromatic rings. The molecule has 0 unspecified atom stereocenters. The molecule has 2 saturated heterocycles. The first-order chi connectivity index (χ1) is 15.5. The lowest BCUT2D eigenvalue weighted by Gasteiger charge is -2.54. The maximum Gasteiger partial charge on any atom is 0.416 e. The summed E-state index contributed by atoms with van der Waals surface area (Å²) in [5.74, 6) is -2.81. The van der Waals surface area contributed by atoms with Crippen molar-refractivity contribution in [3.63, 3.8) is 0 Å². The summed E-state index contributed by atoms with van der Waals surface area (Å²) in [7, 11) is 0. The number of carbonyl (C=O) groups is 2. The van der Waals surface area contributed by atoms with Gasteiger partial charge in [-0.15, -0.1) is 0 Å². The van der Waals surface area contributed by atoms with E-state index in [0.29, 0.717) is 24.2 Å². The monoisotopic (exact) mass is 459 g/mol. The Bertz CT molecular complexity index is 1090. The highest BCUT2D eigenvalue weighted by Gasteiger charge is 2.64. The molecule has 0 amide bonds. The summed E-state index contributed by atoms with van der Waals surface area (Å²) in [6, 6.07) is 12.8. The van der Waals surface area contributed by atoms with Gasteiger partial charge in [-0.05, 0) is 48.1 Å². The first-order valence-corrected chi connectivity index (χ1v) is 11.0. The topological polar surface area (TPSA) is 55.8 Å². The predicted molar refractivity (Wildman–Crippen MR) is 113 cm³/mol. The molecule has 0 aromatic heterocycles. The molecule has 0 radical (unpaired) electrons. The predicted octanol–water partition coefficient (Wildman–Crippen LogP) is 4.84. The molecule has 0 N–H and O–H groups in total. The summed E-state index contributed by atoms with van der Waals surface area (Å²) in [5, 5.41) is 0. The first-order valence-electron chi connectivity index (χ1n) is 11.0. The molecule has 8 heteroatoms. The minimum absolute atomic E-state index is 0.0934. The average molecular weight is 459 g/mol. The van der Waals surface area contributed by atoms with Crippen molar-refractivity contribution in [3.8, 4) is 0 Å². The Balaban J connectivity index is 1.62. The molecular formula is C25H24F3NO4. The Morgan fingerprint density at radius 1 is 1.00 bits per heavy atom. The zero-order chi connectivity index (χ0) is 23.6. The zero-order valence-electron chi connectivity index (χ0n) is 18.3. The second-order valence-electron chi connectivity index (χ2n) is 9.51. The molecule has 0 bridgehead atoms. The van der Waals surface area contributed by atoms with E-state index in [1.54, 1.807) is 0 Å². The van der Waals surface area contributed by atoms with Crippen LogP contribution in [-0.4, -0.2) is 30.3 Å². The summed E-state index contributed by atoms with van der Waals surface area (Å²) in [6.45, 7) is 3.44. The highest BCUT2D eigenvalue weighted by Crippen LogP contribution is 2.52. The van der Waals surface area contributed by atoms with Gasteiger partial charge in [-0.1, -0.05) is 30.3 Å². The normalized spacial score (nSPS) is 25.7. The van der Waals surface area contributed by atoms with Crippen molar-refractivity contribution in [2.75, 3.05) is 11.4 Å². The number of nitrogens with zero attached hydrogens (tertiary/aromatic N) is 1. The number of alkyl halides is 3. The number of cyclic esters (lactones) is 2. The third kappa shape index (κ3) is 3.47. The zero-order valence-corrected chi connectivity index (χ0v) is 18.3. The maximum atomic E-state index is 13.4. The van der Waals surface area contributed by atoms with Crippen molar-refractivity contribution in [2.24, 2.45) is 5.41 Å². The quantitative estimate of drug-likeness (QED) is 0.451. The fourth-order valence-corrected chi connectivity index (χ4v) is 5.50. The molecule has 1 spiro atoms. The number of benzene rings is 2. The summed E-state index contributed by atoms with van der Waals surface area (Å²) in [5.41, 5.74) is -0.515. The standard InChI is InChI=1S/C25H24F3NO4/c1-23(2)32-21(30)24(22(31)33-23)14-17-12-18(25(26,27)28)8-9-19(17)29-11-10-16(13-20(24)29)15-6-4-3-5-7-15/h3-9,12,16,20H,10-11,13-14H2,1-2H3/t16-,20-/m0/s1. The summed E-state index contributed by atoms with van der Waals surface area (Å²) in [6.07, 6.45) is -3.50. The molecule has 5 rings (SSSR count). The van der Waals surface area contributed by atoms with E-state index in [2.05, 4.69) is 0 Å². The largest absolute Gasteiger partial charge is 0.422 e. The van der Waals surface area contributed by atoms with Crippen molar-refractivity contribution in [3.05, 3.63) is 65.2 Å². The van der Waals surface area contributed by atoms with Crippen LogP contribution in [0.2, 0.25) is 0 Å². The molecule has 5 nitrogen and oxygen atoms in total. The van der Waals surface area contributed by atoms with Gasteiger partial charge in [0.05, 0.1) is 11.6 Å². The van der Waals surface area contributed by atoms with Crippen LogP contribution in [0.5, 0.6) is 0 Å². The molecule has 3 aliphatic heterocycles. The second kappa shape index (κ2) is 7.23. The summed E-state index contributed by atoms with van der Waals surface area (Å²) >= 11 is 0. The SMILES string of the molecule is CC1(C)OC(=O)C2(Cc3cc(C(F)(F)F)ccc3N3CC[C@H](c4ccccc4)C[C@H]32)C(=O)O1. The Hall–Kier alpha value is -3.03. The molecule has 174 valence electrons. The molecular weight excluding hydrogens is 435 g/mol. The van der Waals surface area contributed by atoms with Crippen molar-refractivity contribution < 1.29 is 32.2 Å². The molecule has 2 aromatic carbocycles. The van der Waals surface area contributed by atoms with Crippen LogP contribution in [0.25, 0.3) is 0 Å². The Morgan fingerprint density at radius 3 is 2.30 bits per heavy atom. The van der Waals surface area contributed by atoms with E-state index in [9.17, 15) is 22.8 Å². The number of hydrogen-bond acceptors (Lipinski definition) is 5. The van der Waals surface area contributed by atoms with Gasteiger partial charge >= 0.3 is 18.1 Å². The molecule has 3 aliphatic rings. The van der Waals surface area contributed by atoms with Gasteiger partial charge in [-0.3, -0.25) is 9.59 Å². The molecule has 0 aliphatic carbocycles. The van der Waals surface area contributed by atoms with Gasteiger partial charge in [0.2, 0.25) is 0 Å². The minimum Gasteiger partial charge on any atom is -0.422 e. The van der Waals surface area contributed by atoms with Crippen LogP contribution >= 0.6 is 0 Å². The van der Waals surface area contributed by atoms with Gasteiger partial charge in [-0.2, -0.15) is 13.2 Å². The summed E-state index contributed by atoms with van der Waals surface area (Å²) in [4.78, 5) is 28.7. The Morgan fingerprint density at radius 2 is 1.67 bits per heavy atom. The second-order valence-corrected chi connectivity index (χ2v) is 9.51.